The lowest BCUT2D eigenvalue weighted by atomic mass is 9.78. The molecule has 0 radical (unpaired) electrons. The van der Waals surface area contributed by atoms with E-state index in [9.17, 15) is 0 Å². The highest BCUT2D eigenvalue weighted by molar-refractivity contribution is 6.10. The lowest BCUT2D eigenvalue weighted by Crippen LogP contribution is -2.26. The van der Waals surface area contributed by atoms with Crippen LogP contribution < -0.4 is 14.5 Å². The zero-order valence-corrected chi connectivity index (χ0v) is 39.6. The summed E-state index contributed by atoms with van der Waals surface area (Å²) in [6.45, 7) is 32.7. The summed E-state index contributed by atoms with van der Waals surface area (Å²) in [4.78, 5) is 9.67. The van der Waals surface area contributed by atoms with Crippen LogP contribution in [0.1, 0.15) is 130 Å². The van der Waals surface area contributed by atoms with Gasteiger partial charge in [0.15, 0.2) is 0 Å². The minimum Gasteiger partial charge on any atom is -0.457 e. The van der Waals surface area contributed by atoms with Gasteiger partial charge in [0.1, 0.15) is 17.3 Å². The van der Waals surface area contributed by atoms with Crippen molar-refractivity contribution in [2.24, 2.45) is 0 Å². The van der Waals surface area contributed by atoms with Crippen LogP contribution >= 0.6 is 0 Å². The van der Waals surface area contributed by atoms with Gasteiger partial charge in [0.2, 0.25) is 0 Å². The lowest BCUT2D eigenvalue weighted by Gasteiger charge is -2.29. The van der Waals surface area contributed by atoms with Crippen LogP contribution in [0.3, 0.4) is 0 Å². The molecule has 5 aromatic carbocycles. The number of nitrogens with zero attached hydrogens (tertiary/aromatic N) is 4. The Bertz CT molecular complexity index is 2780. The summed E-state index contributed by atoms with van der Waals surface area (Å²) in [5, 5.41) is 2.36. The maximum absolute atomic E-state index is 6.94. The van der Waals surface area contributed by atoms with E-state index >= 15 is 0 Å². The Morgan fingerprint density at radius 2 is 1.02 bits per heavy atom. The van der Waals surface area contributed by atoms with Gasteiger partial charge in [0.25, 0.3) is 0 Å². The van der Waals surface area contributed by atoms with Crippen LogP contribution in [0.25, 0.3) is 27.6 Å². The van der Waals surface area contributed by atoms with Crippen LogP contribution in [0, 0.1) is 0 Å². The Morgan fingerprint density at radius 3 is 1.61 bits per heavy atom. The number of pyridine rings is 1. The molecule has 5 nitrogen and oxygen atoms in total. The van der Waals surface area contributed by atoms with E-state index in [0.717, 1.165) is 39.4 Å². The van der Waals surface area contributed by atoms with E-state index in [4.69, 9.17) is 9.72 Å². The number of rotatable bonds is 7. The third kappa shape index (κ3) is 8.39. The van der Waals surface area contributed by atoms with Crippen molar-refractivity contribution in [3.63, 3.8) is 0 Å². The van der Waals surface area contributed by atoms with E-state index in [1.165, 1.54) is 44.5 Å². The van der Waals surface area contributed by atoms with Gasteiger partial charge in [0.05, 0.1) is 17.7 Å². The average molecular weight is 823 g/mol. The molecule has 7 aromatic rings. The third-order valence-corrected chi connectivity index (χ3v) is 12.8. The first kappa shape index (κ1) is 42.9. The standard InChI is InChI=1S/C57H66N4O/c1-53(2,3)39-24-25-58-52(34-39)61-50-23-20-40(57(13,14)38-18-16-15-17-19-38)33-49(50)48-22-21-46(36-51(48)61)62-47-32-43(56(10,11)12)31-45(35-47)60-27-26-59(37-60)44-29-41(54(4,5)6)28-42(30-44)55(7,8)9/h15-36H,37H2,1-14H3. The number of benzene rings is 5. The van der Waals surface area contributed by atoms with E-state index in [-0.39, 0.29) is 27.1 Å². The first-order valence-corrected chi connectivity index (χ1v) is 22.3. The zero-order chi connectivity index (χ0) is 44.6. The van der Waals surface area contributed by atoms with Gasteiger partial charge in [-0.15, -0.1) is 0 Å². The topological polar surface area (TPSA) is 33.5 Å². The summed E-state index contributed by atoms with van der Waals surface area (Å²) >= 11 is 0. The number of fused-ring (bicyclic) bond motifs is 3. The van der Waals surface area contributed by atoms with Gasteiger partial charge in [0, 0.05) is 58.3 Å². The van der Waals surface area contributed by atoms with Crippen LogP contribution in [0.4, 0.5) is 11.4 Å². The number of ether oxygens (including phenoxy) is 1. The van der Waals surface area contributed by atoms with Crippen molar-refractivity contribution in [2.75, 3.05) is 16.5 Å². The highest BCUT2D eigenvalue weighted by Gasteiger charge is 2.27. The molecule has 62 heavy (non-hydrogen) atoms. The lowest BCUT2D eigenvalue weighted by molar-refractivity contribution is 0.479. The van der Waals surface area contributed by atoms with E-state index in [0.29, 0.717) is 6.67 Å². The molecule has 1 aliphatic heterocycles. The summed E-state index contributed by atoms with van der Waals surface area (Å²) in [5.74, 6) is 2.49. The molecule has 0 fully saturated rings. The fourth-order valence-electron chi connectivity index (χ4n) is 8.50. The largest absolute Gasteiger partial charge is 0.457 e. The second-order valence-corrected chi connectivity index (χ2v) is 22.1. The molecule has 0 atom stereocenters. The molecular formula is C57H66N4O. The maximum Gasteiger partial charge on any atom is 0.137 e. The van der Waals surface area contributed by atoms with Gasteiger partial charge in [-0.1, -0.05) is 139 Å². The molecular weight excluding hydrogens is 757 g/mol. The fraction of sp³-hybridized carbons (Fsp3) is 0.351. The third-order valence-electron chi connectivity index (χ3n) is 12.8. The van der Waals surface area contributed by atoms with Crippen molar-refractivity contribution in [3.8, 4) is 17.3 Å². The molecule has 0 saturated heterocycles. The maximum atomic E-state index is 6.94. The predicted octanol–water partition coefficient (Wildman–Crippen LogP) is 15.2. The van der Waals surface area contributed by atoms with Gasteiger partial charge in [-0.3, -0.25) is 4.57 Å². The van der Waals surface area contributed by atoms with Crippen molar-refractivity contribution in [3.05, 3.63) is 167 Å². The van der Waals surface area contributed by atoms with Crippen LogP contribution in [0.5, 0.6) is 11.5 Å². The number of anilines is 2. The summed E-state index contributed by atoms with van der Waals surface area (Å²) in [6, 6.07) is 42.5. The van der Waals surface area contributed by atoms with Crippen LogP contribution in [-0.2, 0) is 27.1 Å². The van der Waals surface area contributed by atoms with Crippen LogP contribution in [0.15, 0.2) is 134 Å². The first-order chi connectivity index (χ1) is 29.0. The normalized spacial score (nSPS) is 14.1. The molecule has 0 saturated carbocycles. The second-order valence-electron chi connectivity index (χ2n) is 22.1. The Morgan fingerprint density at radius 1 is 0.435 bits per heavy atom. The first-order valence-electron chi connectivity index (χ1n) is 22.3. The monoisotopic (exact) mass is 823 g/mol. The molecule has 0 N–H and O–H groups in total. The molecule has 3 heterocycles. The molecule has 8 rings (SSSR count). The van der Waals surface area contributed by atoms with Crippen molar-refractivity contribution >= 4 is 33.2 Å². The Labute approximate surface area is 371 Å². The van der Waals surface area contributed by atoms with Crippen molar-refractivity contribution in [1.29, 1.82) is 0 Å². The van der Waals surface area contributed by atoms with E-state index in [1.807, 2.05) is 6.20 Å². The fourth-order valence-corrected chi connectivity index (χ4v) is 8.50. The van der Waals surface area contributed by atoms with Gasteiger partial charge >= 0.3 is 0 Å². The van der Waals surface area contributed by atoms with Gasteiger partial charge in [-0.25, -0.2) is 4.98 Å². The Hall–Kier alpha value is -5.81. The quantitative estimate of drug-likeness (QED) is 0.160. The molecule has 5 heteroatoms. The number of hydrogen-bond donors (Lipinski definition) is 0. The molecule has 1 aliphatic rings. The van der Waals surface area contributed by atoms with Gasteiger partial charge < -0.3 is 14.5 Å². The second kappa shape index (κ2) is 15.2. The Balaban J connectivity index is 1.20. The van der Waals surface area contributed by atoms with Crippen molar-refractivity contribution in [2.45, 2.75) is 124 Å². The smallest absolute Gasteiger partial charge is 0.137 e. The van der Waals surface area contributed by atoms with Gasteiger partial charge in [-0.2, -0.15) is 0 Å². The van der Waals surface area contributed by atoms with Gasteiger partial charge in [-0.05, 0) is 116 Å². The summed E-state index contributed by atoms with van der Waals surface area (Å²) in [5.41, 5.74) is 12.0. The minimum absolute atomic E-state index is 0.0270. The molecule has 0 aliphatic carbocycles. The number of hydrogen-bond acceptors (Lipinski definition) is 4. The highest BCUT2D eigenvalue weighted by Crippen LogP contribution is 2.42. The molecule has 320 valence electrons. The number of aromatic nitrogens is 2. The molecule has 0 unspecified atom stereocenters. The molecule has 0 spiro atoms. The van der Waals surface area contributed by atoms with Crippen molar-refractivity contribution in [1.82, 2.24) is 9.55 Å². The zero-order valence-electron chi connectivity index (χ0n) is 39.6. The van der Waals surface area contributed by atoms with Crippen LogP contribution in [0.2, 0.25) is 0 Å². The highest BCUT2D eigenvalue weighted by atomic mass is 16.5. The van der Waals surface area contributed by atoms with Crippen LogP contribution in [-0.4, -0.2) is 16.2 Å². The van der Waals surface area contributed by atoms with E-state index in [2.05, 4.69) is 239 Å². The average Bonchev–Trinajstić information content (AvgIpc) is 3.83. The Kier molecular flexibility index (Phi) is 10.5. The van der Waals surface area contributed by atoms with Crippen molar-refractivity contribution < 1.29 is 4.74 Å². The summed E-state index contributed by atoms with van der Waals surface area (Å²) in [6.07, 6.45) is 6.35. The van der Waals surface area contributed by atoms with E-state index in [1.54, 1.807) is 0 Å². The summed E-state index contributed by atoms with van der Waals surface area (Å²) < 4.78 is 9.25. The predicted molar refractivity (Wildman–Crippen MR) is 264 cm³/mol. The van der Waals surface area contributed by atoms with E-state index < -0.39 is 0 Å². The molecule has 2 aromatic heterocycles. The summed E-state index contributed by atoms with van der Waals surface area (Å²) in [7, 11) is 0. The SMILES string of the molecule is CC(C)(C)c1cc(Oc2ccc3c4cc(C(C)(C)c5ccccc5)ccc4n(-c4cc(C(C)(C)C)ccn4)c3c2)cc(N2C=CN(c3cc(C(C)(C)C)cc(C(C)(C)C)c3)C2)c1. The molecule has 0 bridgehead atoms. The molecule has 0 amide bonds. The minimum atomic E-state index is -0.180.